The van der Waals surface area contributed by atoms with Crippen LogP contribution in [0.4, 0.5) is 5.69 Å². The lowest BCUT2D eigenvalue weighted by molar-refractivity contribution is 0.481. The predicted octanol–water partition coefficient (Wildman–Crippen LogP) is 2.09. The van der Waals surface area contributed by atoms with E-state index in [1.165, 1.54) is 18.7 Å². The van der Waals surface area contributed by atoms with E-state index in [4.69, 9.17) is 0 Å². The zero-order chi connectivity index (χ0) is 7.68. The van der Waals surface area contributed by atoms with Crippen molar-refractivity contribution in [1.29, 1.82) is 0 Å². The highest BCUT2D eigenvalue weighted by Crippen LogP contribution is 2.24. The minimum absolute atomic E-state index is 0.728. The quantitative estimate of drug-likeness (QED) is 0.586. The summed E-state index contributed by atoms with van der Waals surface area (Å²) >= 11 is 0. The lowest BCUT2D eigenvalue weighted by Crippen LogP contribution is -2.45. The smallest absolute Gasteiger partial charge is 0.0374 e. The van der Waals surface area contributed by atoms with Crippen molar-refractivity contribution < 1.29 is 0 Å². The van der Waals surface area contributed by atoms with E-state index in [1.54, 1.807) is 0 Å². The van der Waals surface area contributed by atoms with Gasteiger partial charge in [-0.15, -0.1) is 0 Å². The molecule has 1 unspecified atom stereocenters. The van der Waals surface area contributed by atoms with Gasteiger partial charge in [0.1, 0.15) is 0 Å². The van der Waals surface area contributed by atoms with Gasteiger partial charge in [-0.1, -0.05) is 12.1 Å². The van der Waals surface area contributed by atoms with Crippen molar-refractivity contribution in [3.05, 3.63) is 30.3 Å². The molecule has 1 atom stereocenters. The third-order valence-corrected chi connectivity index (χ3v) is 2.34. The van der Waals surface area contributed by atoms with Crippen molar-refractivity contribution in [3.8, 4) is 0 Å². The molecule has 1 heteroatoms. The molecule has 1 aromatic carbocycles. The number of rotatable bonds is 1. The number of benzene rings is 1. The van der Waals surface area contributed by atoms with Gasteiger partial charge in [-0.3, -0.25) is 0 Å². The maximum absolute atomic E-state index is 3.09. The van der Waals surface area contributed by atoms with Gasteiger partial charge in [0.25, 0.3) is 0 Å². The highest BCUT2D eigenvalue weighted by atomic mass is 15.2. The third kappa shape index (κ3) is 1.11. The summed E-state index contributed by atoms with van der Waals surface area (Å²) in [6.45, 7) is 3.47. The molecule has 1 fully saturated rings. The van der Waals surface area contributed by atoms with Crippen molar-refractivity contribution >= 4 is 5.69 Å². The lowest BCUT2D eigenvalue weighted by atomic mass is 10.0. The highest BCUT2D eigenvalue weighted by Gasteiger charge is 2.22. The van der Waals surface area contributed by atoms with E-state index in [-0.39, 0.29) is 0 Å². The van der Waals surface area contributed by atoms with Crippen LogP contribution in [0.2, 0.25) is 0 Å². The lowest BCUT2D eigenvalue weighted by Gasteiger charge is -2.40. The monoisotopic (exact) mass is 146 g/mol. The highest BCUT2D eigenvalue weighted by molar-refractivity contribution is 5.48. The van der Waals surface area contributed by atoms with E-state index >= 15 is 0 Å². The van der Waals surface area contributed by atoms with Gasteiger partial charge in [0.2, 0.25) is 0 Å². The Bertz CT molecular complexity index is 230. The first-order chi connectivity index (χ1) is 5.38. The third-order valence-electron chi connectivity index (χ3n) is 2.34. The molecule has 0 bridgehead atoms. The Kier molecular flexibility index (Phi) is 1.57. The fraction of sp³-hybridized carbons (Fsp3) is 0.400. The van der Waals surface area contributed by atoms with E-state index in [0.717, 1.165) is 6.04 Å². The molecular formula is C10H12N. The molecule has 0 amide bonds. The number of hydrogen-bond donors (Lipinski definition) is 0. The Morgan fingerprint density at radius 1 is 1.64 bits per heavy atom. The minimum atomic E-state index is 0.728. The normalized spacial score (nSPS) is 23.0. The zero-order valence-corrected chi connectivity index (χ0v) is 6.75. The van der Waals surface area contributed by atoms with Crippen LogP contribution in [-0.2, 0) is 0 Å². The fourth-order valence-electron chi connectivity index (χ4n) is 1.46. The molecule has 2 rings (SSSR count). The summed E-state index contributed by atoms with van der Waals surface area (Å²) in [7, 11) is 0. The van der Waals surface area contributed by atoms with Crippen molar-refractivity contribution in [2.75, 3.05) is 11.4 Å². The molecule has 1 heterocycles. The topological polar surface area (TPSA) is 3.24 Å². The van der Waals surface area contributed by atoms with E-state index in [1.807, 2.05) is 12.1 Å². The van der Waals surface area contributed by atoms with Crippen LogP contribution in [0.3, 0.4) is 0 Å². The second kappa shape index (κ2) is 2.57. The molecule has 0 saturated carbocycles. The summed E-state index contributed by atoms with van der Waals surface area (Å²) in [6, 6.07) is 12.0. The SMILES string of the molecule is CC1CCN1c1c[c]ccc1. The Labute approximate surface area is 67.6 Å². The van der Waals surface area contributed by atoms with Crippen LogP contribution in [0.1, 0.15) is 13.3 Å². The maximum atomic E-state index is 3.09. The predicted molar refractivity (Wildman–Crippen MR) is 46.7 cm³/mol. The van der Waals surface area contributed by atoms with E-state index in [2.05, 4.69) is 30.0 Å². The second-order valence-electron chi connectivity index (χ2n) is 3.09. The first-order valence-electron chi connectivity index (χ1n) is 4.10. The molecule has 1 aliphatic heterocycles. The van der Waals surface area contributed by atoms with Gasteiger partial charge in [0.05, 0.1) is 0 Å². The summed E-state index contributed by atoms with van der Waals surface area (Å²) in [5.74, 6) is 0. The molecule has 11 heavy (non-hydrogen) atoms. The van der Waals surface area contributed by atoms with Gasteiger partial charge in [0, 0.05) is 18.3 Å². The van der Waals surface area contributed by atoms with Crippen LogP contribution in [0.25, 0.3) is 0 Å². The van der Waals surface area contributed by atoms with Crippen LogP contribution in [-0.4, -0.2) is 12.6 Å². The number of hydrogen-bond acceptors (Lipinski definition) is 1. The molecule has 1 radical (unpaired) electrons. The molecule has 0 aliphatic carbocycles. The Morgan fingerprint density at radius 2 is 2.55 bits per heavy atom. The number of nitrogens with zero attached hydrogens (tertiary/aromatic N) is 1. The zero-order valence-electron chi connectivity index (χ0n) is 6.75. The maximum Gasteiger partial charge on any atom is 0.0374 e. The minimum Gasteiger partial charge on any atom is -0.369 e. The first kappa shape index (κ1) is 6.71. The van der Waals surface area contributed by atoms with Crippen LogP contribution >= 0.6 is 0 Å². The van der Waals surface area contributed by atoms with Crippen molar-refractivity contribution in [2.24, 2.45) is 0 Å². The van der Waals surface area contributed by atoms with Gasteiger partial charge in [-0.25, -0.2) is 0 Å². The Hall–Kier alpha value is -0.980. The van der Waals surface area contributed by atoms with E-state index in [0.29, 0.717) is 0 Å². The van der Waals surface area contributed by atoms with Gasteiger partial charge < -0.3 is 4.90 Å². The molecule has 0 spiro atoms. The molecule has 57 valence electrons. The molecule has 1 aliphatic rings. The fourth-order valence-corrected chi connectivity index (χ4v) is 1.46. The van der Waals surface area contributed by atoms with Gasteiger partial charge in [0.15, 0.2) is 0 Å². The molecule has 0 N–H and O–H groups in total. The molecule has 1 nitrogen and oxygen atoms in total. The van der Waals surface area contributed by atoms with Crippen molar-refractivity contribution in [3.63, 3.8) is 0 Å². The van der Waals surface area contributed by atoms with Gasteiger partial charge in [-0.2, -0.15) is 0 Å². The summed E-state index contributed by atoms with van der Waals surface area (Å²) in [6.07, 6.45) is 1.33. The van der Waals surface area contributed by atoms with Gasteiger partial charge >= 0.3 is 0 Å². The first-order valence-corrected chi connectivity index (χ1v) is 4.10. The largest absolute Gasteiger partial charge is 0.369 e. The molecule has 1 saturated heterocycles. The second-order valence-corrected chi connectivity index (χ2v) is 3.09. The Balaban J connectivity index is 2.17. The Morgan fingerprint density at radius 3 is 3.00 bits per heavy atom. The van der Waals surface area contributed by atoms with Crippen LogP contribution < -0.4 is 4.90 Å². The summed E-state index contributed by atoms with van der Waals surface area (Å²) in [5, 5.41) is 0. The van der Waals surface area contributed by atoms with Crippen LogP contribution in [0, 0.1) is 6.07 Å². The molecule has 1 aromatic rings. The molecular weight excluding hydrogens is 134 g/mol. The van der Waals surface area contributed by atoms with Crippen LogP contribution in [0.5, 0.6) is 0 Å². The summed E-state index contributed by atoms with van der Waals surface area (Å²) < 4.78 is 0. The average Bonchev–Trinajstić information content (AvgIpc) is 2.04. The molecule has 0 aromatic heterocycles. The number of anilines is 1. The van der Waals surface area contributed by atoms with E-state index in [9.17, 15) is 0 Å². The summed E-state index contributed by atoms with van der Waals surface area (Å²) in [4.78, 5) is 2.40. The standard InChI is InChI=1S/C10H12N/c1-9-7-8-11(9)10-5-3-2-4-6-10/h2-3,5-6,9H,7-8H2,1H3. The van der Waals surface area contributed by atoms with Crippen molar-refractivity contribution in [2.45, 2.75) is 19.4 Å². The summed E-state index contributed by atoms with van der Waals surface area (Å²) in [5.41, 5.74) is 1.31. The van der Waals surface area contributed by atoms with E-state index < -0.39 is 0 Å². The van der Waals surface area contributed by atoms with Gasteiger partial charge in [-0.05, 0) is 31.5 Å². The average molecular weight is 146 g/mol. The van der Waals surface area contributed by atoms with Crippen molar-refractivity contribution in [1.82, 2.24) is 0 Å². The van der Waals surface area contributed by atoms with Crippen LogP contribution in [0.15, 0.2) is 24.3 Å².